The summed E-state index contributed by atoms with van der Waals surface area (Å²) in [7, 11) is -1.36. The summed E-state index contributed by atoms with van der Waals surface area (Å²) < 4.78 is 24.0. The van der Waals surface area contributed by atoms with Gasteiger partial charge in [0.15, 0.2) is 0 Å². The summed E-state index contributed by atoms with van der Waals surface area (Å²) in [6, 6.07) is 0.114. The lowest BCUT2D eigenvalue weighted by atomic mass is 10.1. The molecule has 0 bridgehead atoms. The molecule has 5 nitrogen and oxygen atoms in total. The molecule has 0 radical (unpaired) electrons. The molecule has 0 aliphatic carbocycles. The molecule has 1 saturated heterocycles. The summed E-state index contributed by atoms with van der Waals surface area (Å²) >= 11 is 0. The van der Waals surface area contributed by atoms with Gasteiger partial charge in [0, 0.05) is 26.2 Å². The van der Waals surface area contributed by atoms with Crippen LogP contribution in [0.15, 0.2) is 12.7 Å². The minimum Gasteiger partial charge on any atom is -0.339 e. The lowest BCUT2D eigenvalue weighted by Gasteiger charge is -2.35. The summed E-state index contributed by atoms with van der Waals surface area (Å²) in [5, 5.41) is 0. The summed E-state index contributed by atoms with van der Waals surface area (Å²) in [6.07, 6.45) is 3.86. The van der Waals surface area contributed by atoms with Crippen LogP contribution in [-0.4, -0.2) is 56.0 Å². The minimum atomic E-state index is -3.09. The molecule has 1 aliphatic rings. The van der Waals surface area contributed by atoms with Crippen molar-refractivity contribution in [3.63, 3.8) is 0 Å². The van der Waals surface area contributed by atoms with Crippen LogP contribution in [0.2, 0.25) is 0 Å². The summed E-state index contributed by atoms with van der Waals surface area (Å²) in [5.74, 6) is -0.113. The van der Waals surface area contributed by atoms with Crippen LogP contribution in [0.25, 0.3) is 0 Å². The highest BCUT2D eigenvalue weighted by atomic mass is 32.2. The Kier molecular flexibility index (Phi) is 4.09. The van der Waals surface area contributed by atoms with Gasteiger partial charge in [-0.05, 0) is 18.9 Å². The number of nitrogens with zero attached hydrogens (tertiary/aromatic N) is 2. The highest BCUT2D eigenvalue weighted by Crippen LogP contribution is 2.17. The van der Waals surface area contributed by atoms with Crippen molar-refractivity contribution in [2.24, 2.45) is 0 Å². The topological polar surface area (TPSA) is 57.7 Å². The maximum absolute atomic E-state index is 11.4. The molecule has 1 rings (SSSR count). The van der Waals surface area contributed by atoms with Crippen LogP contribution >= 0.6 is 0 Å². The number of hydrogen-bond acceptors (Lipinski definition) is 3. The lowest BCUT2D eigenvalue weighted by Crippen LogP contribution is -2.46. The number of rotatable bonds is 3. The Morgan fingerprint density at radius 3 is 2.31 bits per heavy atom. The van der Waals surface area contributed by atoms with Crippen molar-refractivity contribution in [2.75, 3.05) is 26.4 Å². The van der Waals surface area contributed by atoms with E-state index in [9.17, 15) is 13.2 Å². The maximum atomic E-state index is 11.4. The predicted octanol–water partition coefficient (Wildman–Crippen LogP) is 0.0548. The van der Waals surface area contributed by atoms with Crippen LogP contribution in [0.5, 0.6) is 0 Å². The van der Waals surface area contributed by atoms with Crippen LogP contribution in [0, 0.1) is 0 Å². The summed E-state index contributed by atoms with van der Waals surface area (Å²) in [4.78, 5) is 13.0. The quantitative estimate of drug-likeness (QED) is 0.661. The van der Waals surface area contributed by atoms with E-state index in [2.05, 4.69) is 6.58 Å². The van der Waals surface area contributed by atoms with Crippen molar-refractivity contribution in [3.05, 3.63) is 12.7 Å². The van der Waals surface area contributed by atoms with Gasteiger partial charge in [0.25, 0.3) is 0 Å². The Labute approximate surface area is 96.8 Å². The summed E-state index contributed by atoms with van der Waals surface area (Å²) in [6.45, 7) is 4.40. The Morgan fingerprint density at radius 2 is 1.94 bits per heavy atom. The second kappa shape index (κ2) is 4.97. The fourth-order valence-corrected chi connectivity index (χ4v) is 2.76. The highest BCUT2D eigenvalue weighted by Gasteiger charge is 2.28. The van der Waals surface area contributed by atoms with Gasteiger partial charge in [0.2, 0.25) is 15.9 Å². The molecule has 0 N–H and O–H groups in total. The van der Waals surface area contributed by atoms with Crippen molar-refractivity contribution in [1.29, 1.82) is 0 Å². The third-order valence-electron chi connectivity index (χ3n) is 2.96. The zero-order valence-corrected chi connectivity index (χ0v) is 10.5. The van der Waals surface area contributed by atoms with Crippen molar-refractivity contribution in [1.82, 2.24) is 9.21 Å². The van der Waals surface area contributed by atoms with Gasteiger partial charge in [-0.25, -0.2) is 12.7 Å². The van der Waals surface area contributed by atoms with Crippen molar-refractivity contribution in [2.45, 2.75) is 18.9 Å². The Hall–Kier alpha value is -0.880. The molecule has 0 unspecified atom stereocenters. The van der Waals surface area contributed by atoms with Gasteiger partial charge in [-0.2, -0.15) is 0 Å². The van der Waals surface area contributed by atoms with Gasteiger partial charge in [0.05, 0.1) is 6.26 Å². The molecule has 0 spiro atoms. The van der Waals surface area contributed by atoms with Gasteiger partial charge in [-0.3, -0.25) is 4.79 Å². The Morgan fingerprint density at radius 1 is 1.44 bits per heavy atom. The molecule has 1 amide bonds. The molecule has 0 atom stereocenters. The summed E-state index contributed by atoms with van der Waals surface area (Å²) in [5.41, 5.74) is 0. The van der Waals surface area contributed by atoms with Gasteiger partial charge in [-0.1, -0.05) is 6.58 Å². The molecule has 1 aliphatic heterocycles. The number of likely N-dealkylation sites (N-methyl/N-ethyl adjacent to an activating group) is 1. The Balaban J connectivity index is 2.55. The first-order valence-corrected chi connectivity index (χ1v) is 7.05. The monoisotopic (exact) mass is 246 g/mol. The normalized spacial score (nSPS) is 19.4. The van der Waals surface area contributed by atoms with Gasteiger partial charge < -0.3 is 4.90 Å². The fourth-order valence-electron chi connectivity index (χ4n) is 1.89. The smallest absolute Gasteiger partial charge is 0.245 e. The molecule has 6 heteroatoms. The number of carbonyl (C=O) groups excluding carboxylic acids is 1. The van der Waals surface area contributed by atoms with E-state index in [1.165, 1.54) is 16.6 Å². The fraction of sp³-hybridized carbons (Fsp3) is 0.700. The molecule has 0 aromatic rings. The second-order valence-electron chi connectivity index (χ2n) is 4.05. The third-order valence-corrected chi connectivity index (χ3v) is 4.27. The van der Waals surface area contributed by atoms with Crippen molar-refractivity contribution < 1.29 is 13.2 Å². The van der Waals surface area contributed by atoms with E-state index in [0.29, 0.717) is 25.9 Å². The predicted molar refractivity (Wildman–Crippen MR) is 62.4 cm³/mol. The maximum Gasteiger partial charge on any atom is 0.245 e. The van der Waals surface area contributed by atoms with E-state index in [0.717, 1.165) is 0 Å². The third kappa shape index (κ3) is 3.05. The number of sulfonamides is 1. The standard InChI is InChI=1S/C10H18N2O3S/c1-4-10(13)11(2)9-5-7-12(8-6-9)16(3,14)15/h4,9H,1,5-8H2,2-3H3. The molecule has 1 fully saturated rings. The number of carbonyl (C=O) groups is 1. The molecule has 92 valence electrons. The van der Waals surface area contributed by atoms with Crippen LogP contribution in [0.3, 0.4) is 0 Å². The van der Waals surface area contributed by atoms with Crippen LogP contribution in [-0.2, 0) is 14.8 Å². The van der Waals surface area contributed by atoms with E-state index in [-0.39, 0.29) is 11.9 Å². The van der Waals surface area contributed by atoms with E-state index >= 15 is 0 Å². The molecule has 1 heterocycles. The second-order valence-corrected chi connectivity index (χ2v) is 6.03. The van der Waals surface area contributed by atoms with E-state index in [1.54, 1.807) is 11.9 Å². The number of hydrogen-bond donors (Lipinski definition) is 0. The Bertz CT molecular complexity index is 370. The van der Waals surface area contributed by atoms with Gasteiger partial charge in [-0.15, -0.1) is 0 Å². The number of piperidine rings is 1. The molecule has 16 heavy (non-hydrogen) atoms. The van der Waals surface area contributed by atoms with Crippen molar-refractivity contribution >= 4 is 15.9 Å². The zero-order valence-electron chi connectivity index (χ0n) is 9.72. The van der Waals surface area contributed by atoms with E-state index in [1.807, 2.05) is 0 Å². The first-order chi connectivity index (χ1) is 7.36. The highest BCUT2D eigenvalue weighted by molar-refractivity contribution is 7.88. The van der Waals surface area contributed by atoms with Crippen molar-refractivity contribution in [3.8, 4) is 0 Å². The lowest BCUT2D eigenvalue weighted by molar-refractivity contribution is -0.127. The van der Waals surface area contributed by atoms with Crippen LogP contribution in [0.1, 0.15) is 12.8 Å². The zero-order chi connectivity index (χ0) is 12.3. The SMILES string of the molecule is C=CC(=O)N(C)C1CCN(S(C)(=O)=O)CC1. The first kappa shape index (κ1) is 13.2. The van der Waals surface area contributed by atoms with Crippen LogP contribution in [0.4, 0.5) is 0 Å². The van der Waals surface area contributed by atoms with E-state index in [4.69, 9.17) is 0 Å². The molecule has 0 aromatic heterocycles. The minimum absolute atomic E-state index is 0.113. The average Bonchev–Trinajstić information content (AvgIpc) is 2.26. The van der Waals surface area contributed by atoms with E-state index < -0.39 is 10.0 Å². The molecule has 0 aromatic carbocycles. The number of amides is 1. The largest absolute Gasteiger partial charge is 0.339 e. The molecule has 0 saturated carbocycles. The van der Waals surface area contributed by atoms with Crippen LogP contribution < -0.4 is 0 Å². The van der Waals surface area contributed by atoms with Gasteiger partial charge >= 0.3 is 0 Å². The molecular formula is C10H18N2O3S. The first-order valence-electron chi connectivity index (χ1n) is 5.20. The van der Waals surface area contributed by atoms with Gasteiger partial charge in [0.1, 0.15) is 0 Å². The average molecular weight is 246 g/mol. The molecular weight excluding hydrogens is 228 g/mol.